The Kier molecular flexibility index (Phi) is 2.72. The average molecular weight is 193 g/mol. The molecule has 0 aliphatic rings. The second-order valence-corrected chi connectivity index (χ2v) is 2.30. The quantitative estimate of drug-likeness (QED) is 0.697. The molecule has 0 saturated heterocycles. The molecular weight excluding hydrogens is 187 g/mol. The maximum atomic E-state index is 12.5. The fourth-order valence-corrected chi connectivity index (χ4v) is 0.898. The number of aliphatic hydroxyl groups is 1. The second-order valence-electron chi connectivity index (χ2n) is 2.30. The standard InChI is InChI=1S/C7H6F3NO2/c8-6(9)4-3(2-12)1-11-7(10)5(4)13/h1,6,12-13H,2H2. The van der Waals surface area contributed by atoms with Crippen LogP contribution in [0.3, 0.4) is 0 Å². The summed E-state index contributed by atoms with van der Waals surface area (Å²) in [5.74, 6) is -2.57. The van der Waals surface area contributed by atoms with Crippen molar-refractivity contribution in [1.29, 1.82) is 0 Å². The Morgan fingerprint density at radius 1 is 1.46 bits per heavy atom. The fourth-order valence-electron chi connectivity index (χ4n) is 0.898. The smallest absolute Gasteiger partial charge is 0.267 e. The minimum Gasteiger partial charge on any atom is -0.503 e. The minimum absolute atomic E-state index is 0.283. The van der Waals surface area contributed by atoms with Crippen molar-refractivity contribution in [3.63, 3.8) is 0 Å². The van der Waals surface area contributed by atoms with Crippen molar-refractivity contribution in [2.75, 3.05) is 0 Å². The third-order valence-corrected chi connectivity index (χ3v) is 1.52. The normalized spacial score (nSPS) is 10.8. The van der Waals surface area contributed by atoms with Crippen LogP contribution in [0.4, 0.5) is 13.2 Å². The lowest BCUT2D eigenvalue weighted by atomic mass is 10.1. The minimum atomic E-state index is -3.04. The van der Waals surface area contributed by atoms with Crippen LogP contribution in [0.15, 0.2) is 6.20 Å². The van der Waals surface area contributed by atoms with Crippen molar-refractivity contribution in [1.82, 2.24) is 4.98 Å². The predicted octanol–water partition coefficient (Wildman–Crippen LogP) is 1.36. The summed E-state index contributed by atoms with van der Waals surface area (Å²) in [7, 11) is 0. The summed E-state index contributed by atoms with van der Waals surface area (Å²) in [6.45, 7) is -0.722. The molecule has 2 N–H and O–H groups in total. The number of alkyl halides is 2. The van der Waals surface area contributed by atoms with Crippen LogP contribution in [0.5, 0.6) is 5.75 Å². The maximum absolute atomic E-state index is 12.5. The van der Waals surface area contributed by atoms with Crippen molar-refractivity contribution in [2.24, 2.45) is 0 Å². The van der Waals surface area contributed by atoms with Crippen LogP contribution < -0.4 is 0 Å². The number of nitrogens with zero attached hydrogens (tertiary/aromatic N) is 1. The van der Waals surface area contributed by atoms with Gasteiger partial charge in [0.15, 0.2) is 5.75 Å². The number of pyridine rings is 1. The Hall–Kier alpha value is -1.30. The Balaban J connectivity index is 3.32. The Labute approximate surface area is 71.5 Å². The van der Waals surface area contributed by atoms with Crippen LogP contribution >= 0.6 is 0 Å². The number of aliphatic hydroxyl groups excluding tert-OH is 1. The zero-order valence-corrected chi connectivity index (χ0v) is 6.34. The van der Waals surface area contributed by atoms with E-state index in [2.05, 4.69) is 4.98 Å². The molecule has 0 aliphatic carbocycles. The van der Waals surface area contributed by atoms with Crippen LogP contribution in [-0.4, -0.2) is 15.2 Å². The summed E-state index contributed by atoms with van der Waals surface area (Å²) in [5.41, 5.74) is -1.19. The van der Waals surface area contributed by atoms with Crippen molar-refractivity contribution in [2.45, 2.75) is 13.0 Å². The van der Waals surface area contributed by atoms with E-state index in [1.54, 1.807) is 0 Å². The van der Waals surface area contributed by atoms with Gasteiger partial charge in [-0.15, -0.1) is 0 Å². The largest absolute Gasteiger partial charge is 0.503 e. The van der Waals surface area contributed by atoms with Crippen LogP contribution in [0.2, 0.25) is 0 Å². The summed E-state index contributed by atoms with van der Waals surface area (Å²) < 4.78 is 36.9. The van der Waals surface area contributed by atoms with Crippen molar-refractivity contribution in [3.05, 3.63) is 23.3 Å². The van der Waals surface area contributed by atoms with Gasteiger partial charge in [-0.2, -0.15) is 4.39 Å². The van der Waals surface area contributed by atoms with E-state index in [9.17, 15) is 13.2 Å². The molecule has 0 aliphatic heterocycles. The number of hydrogen-bond donors (Lipinski definition) is 2. The second kappa shape index (κ2) is 3.61. The Bertz CT molecular complexity index is 317. The molecule has 3 nitrogen and oxygen atoms in total. The molecule has 1 aromatic rings. The summed E-state index contributed by atoms with van der Waals surface area (Å²) >= 11 is 0. The van der Waals surface area contributed by atoms with Gasteiger partial charge in [-0.3, -0.25) is 0 Å². The van der Waals surface area contributed by atoms with Gasteiger partial charge in [-0.25, -0.2) is 13.8 Å². The lowest BCUT2D eigenvalue weighted by molar-refractivity contribution is 0.141. The topological polar surface area (TPSA) is 53.4 Å². The first-order valence-electron chi connectivity index (χ1n) is 3.33. The summed E-state index contributed by atoms with van der Waals surface area (Å²) in [4.78, 5) is 2.98. The van der Waals surface area contributed by atoms with Gasteiger partial charge in [0, 0.05) is 11.8 Å². The lowest BCUT2D eigenvalue weighted by Gasteiger charge is -2.07. The fraction of sp³-hybridized carbons (Fsp3) is 0.286. The molecule has 1 rings (SSSR count). The molecule has 0 fully saturated rings. The third kappa shape index (κ3) is 1.72. The molecule has 13 heavy (non-hydrogen) atoms. The number of aromatic hydroxyl groups is 1. The van der Waals surface area contributed by atoms with Crippen LogP contribution in [0.1, 0.15) is 17.6 Å². The maximum Gasteiger partial charge on any atom is 0.267 e. The molecule has 0 bridgehead atoms. The Morgan fingerprint density at radius 3 is 2.54 bits per heavy atom. The molecule has 0 aromatic carbocycles. The van der Waals surface area contributed by atoms with Crippen molar-refractivity contribution >= 4 is 0 Å². The van der Waals surface area contributed by atoms with Crippen molar-refractivity contribution < 1.29 is 23.4 Å². The predicted molar refractivity (Wildman–Crippen MR) is 36.7 cm³/mol. The highest BCUT2D eigenvalue weighted by Gasteiger charge is 2.21. The molecule has 0 spiro atoms. The van der Waals surface area contributed by atoms with Gasteiger partial charge < -0.3 is 10.2 Å². The molecule has 0 radical (unpaired) electrons. The van der Waals surface area contributed by atoms with E-state index >= 15 is 0 Å². The molecule has 72 valence electrons. The SMILES string of the molecule is OCc1cnc(F)c(O)c1C(F)F. The first kappa shape index (κ1) is 9.79. The van der Waals surface area contributed by atoms with Gasteiger partial charge in [0.05, 0.1) is 12.2 Å². The highest BCUT2D eigenvalue weighted by atomic mass is 19.3. The number of hydrogen-bond acceptors (Lipinski definition) is 3. The van der Waals surface area contributed by atoms with E-state index in [0.717, 1.165) is 6.20 Å². The van der Waals surface area contributed by atoms with E-state index in [1.807, 2.05) is 0 Å². The third-order valence-electron chi connectivity index (χ3n) is 1.52. The van der Waals surface area contributed by atoms with Gasteiger partial charge in [-0.05, 0) is 0 Å². The van der Waals surface area contributed by atoms with Gasteiger partial charge in [0.1, 0.15) is 0 Å². The highest BCUT2D eigenvalue weighted by Crippen LogP contribution is 2.32. The monoisotopic (exact) mass is 193 g/mol. The first-order valence-corrected chi connectivity index (χ1v) is 3.33. The van der Waals surface area contributed by atoms with Gasteiger partial charge in [-0.1, -0.05) is 0 Å². The van der Waals surface area contributed by atoms with Gasteiger partial charge >= 0.3 is 0 Å². The molecule has 0 unspecified atom stereocenters. The number of aromatic nitrogens is 1. The van der Waals surface area contributed by atoms with E-state index in [4.69, 9.17) is 10.2 Å². The lowest BCUT2D eigenvalue weighted by Crippen LogP contribution is -1.99. The average Bonchev–Trinajstić information content (AvgIpc) is 2.08. The van der Waals surface area contributed by atoms with E-state index < -0.39 is 30.3 Å². The first-order chi connectivity index (χ1) is 6.07. The van der Waals surface area contributed by atoms with E-state index in [-0.39, 0.29) is 5.56 Å². The summed E-state index contributed by atoms with van der Waals surface area (Å²) in [6, 6.07) is 0. The van der Waals surface area contributed by atoms with Crippen LogP contribution in [0.25, 0.3) is 0 Å². The van der Waals surface area contributed by atoms with Crippen LogP contribution in [0, 0.1) is 5.95 Å². The van der Waals surface area contributed by atoms with Gasteiger partial charge in [0.2, 0.25) is 0 Å². The molecular formula is C7H6F3NO2. The Morgan fingerprint density at radius 2 is 2.08 bits per heavy atom. The molecule has 1 heterocycles. The molecule has 0 amide bonds. The van der Waals surface area contributed by atoms with Crippen LogP contribution in [-0.2, 0) is 6.61 Å². The van der Waals surface area contributed by atoms with Crippen molar-refractivity contribution in [3.8, 4) is 5.75 Å². The summed E-state index contributed by atoms with van der Waals surface area (Å²) in [6.07, 6.45) is -2.28. The van der Waals surface area contributed by atoms with E-state index in [1.165, 1.54) is 0 Å². The molecule has 6 heteroatoms. The molecule has 0 atom stereocenters. The number of rotatable bonds is 2. The molecule has 0 saturated carbocycles. The summed E-state index contributed by atoms with van der Waals surface area (Å²) in [5, 5.41) is 17.4. The zero-order valence-electron chi connectivity index (χ0n) is 6.34. The van der Waals surface area contributed by atoms with E-state index in [0.29, 0.717) is 0 Å². The highest BCUT2D eigenvalue weighted by molar-refractivity contribution is 5.37. The number of halogens is 3. The molecule has 1 aromatic heterocycles. The van der Waals surface area contributed by atoms with Gasteiger partial charge in [0.25, 0.3) is 12.4 Å². The zero-order chi connectivity index (χ0) is 10.0.